The van der Waals surface area contributed by atoms with E-state index in [0.29, 0.717) is 22.1 Å². The number of ether oxygens (including phenoxy) is 2. The van der Waals surface area contributed by atoms with Gasteiger partial charge < -0.3 is 19.7 Å². The summed E-state index contributed by atoms with van der Waals surface area (Å²) >= 11 is 1.38. The summed E-state index contributed by atoms with van der Waals surface area (Å²) in [6.45, 7) is 3.91. The molecule has 1 saturated heterocycles. The van der Waals surface area contributed by atoms with Crippen molar-refractivity contribution in [3.8, 4) is 22.1 Å². The van der Waals surface area contributed by atoms with Crippen molar-refractivity contribution in [3.05, 3.63) is 53.0 Å². The first kappa shape index (κ1) is 21.2. The van der Waals surface area contributed by atoms with Crippen molar-refractivity contribution in [2.75, 3.05) is 37.5 Å². The van der Waals surface area contributed by atoms with Gasteiger partial charge in [0.1, 0.15) is 9.88 Å². The van der Waals surface area contributed by atoms with Crippen molar-refractivity contribution in [2.45, 2.75) is 26.2 Å². The van der Waals surface area contributed by atoms with Gasteiger partial charge in [-0.25, -0.2) is 4.98 Å². The number of nitrogens with zero attached hydrogens (tertiary/aromatic N) is 2. The molecular weight excluding hydrogens is 410 g/mol. The van der Waals surface area contributed by atoms with Crippen LogP contribution in [0.3, 0.4) is 0 Å². The number of para-hydroxylation sites is 2. The molecule has 0 aliphatic carbocycles. The number of benzene rings is 2. The van der Waals surface area contributed by atoms with Crippen LogP contribution in [0.15, 0.2) is 42.5 Å². The molecule has 2 aromatic carbocycles. The number of thiazole rings is 1. The number of carbonyl (C=O) groups excluding carboxylic acids is 1. The lowest BCUT2D eigenvalue weighted by molar-refractivity contribution is 0.103. The van der Waals surface area contributed by atoms with E-state index in [1.807, 2.05) is 43.3 Å². The minimum absolute atomic E-state index is 0.133. The van der Waals surface area contributed by atoms with E-state index < -0.39 is 0 Å². The summed E-state index contributed by atoms with van der Waals surface area (Å²) in [5, 5.41) is 3.89. The van der Waals surface area contributed by atoms with E-state index in [1.54, 1.807) is 14.2 Å². The van der Waals surface area contributed by atoms with Gasteiger partial charge in [0.05, 0.1) is 31.3 Å². The van der Waals surface area contributed by atoms with Crippen LogP contribution in [-0.4, -0.2) is 38.2 Å². The summed E-state index contributed by atoms with van der Waals surface area (Å²) in [6, 6.07) is 13.7. The van der Waals surface area contributed by atoms with Crippen LogP contribution < -0.4 is 19.7 Å². The van der Waals surface area contributed by atoms with Gasteiger partial charge in [0.15, 0.2) is 11.5 Å². The molecule has 2 heterocycles. The first-order valence-electron chi connectivity index (χ1n) is 10.5. The maximum absolute atomic E-state index is 13.1. The van der Waals surface area contributed by atoms with Crippen molar-refractivity contribution in [2.24, 2.45) is 0 Å². The number of anilines is 2. The Balaban J connectivity index is 1.58. The summed E-state index contributed by atoms with van der Waals surface area (Å²) in [5.41, 5.74) is 3.52. The van der Waals surface area contributed by atoms with Crippen LogP contribution in [0.1, 0.15) is 34.6 Å². The van der Waals surface area contributed by atoms with Gasteiger partial charge in [0.2, 0.25) is 0 Å². The van der Waals surface area contributed by atoms with Crippen LogP contribution in [-0.2, 0) is 0 Å². The fourth-order valence-corrected chi connectivity index (χ4v) is 4.83. The average Bonchev–Trinajstić information content (AvgIpc) is 3.21. The van der Waals surface area contributed by atoms with Gasteiger partial charge in [-0.3, -0.25) is 4.79 Å². The molecule has 1 amide bonds. The standard InChI is InChI=1S/C24H27N3O3S/c1-16-22(31-24(25-16)17-11-12-20(29-2)21(15-17)30-3)23(28)26-18-9-5-6-10-19(18)27-13-7-4-8-14-27/h5-6,9-12,15H,4,7-8,13-14H2,1-3H3,(H,26,28). The molecule has 1 N–H and O–H groups in total. The molecule has 1 fully saturated rings. The third-order valence-electron chi connectivity index (χ3n) is 5.48. The number of hydrogen-bond donors (Lipinski definition) is 1. The number of amides is 1. The lowest BCUT2D eigenvalue weighted by Crippen LogP contribution is -2.30. The molecule has 1 aliphatic heterocycles. The third-order valence-corrected chi connectivity index (χ3v) is 6.69. The van der Waals surface area contributed by atoms with Crippen LogP contribution in [0.2, 0.25) is 0 Å². The summed E-state index contributed by atoms with van der Waals surface area (Å²) in [7, 11) is 3.21. The second kappa shape index (κ2) is 9.39. The Hall–Kier alpha value is -3.06. The summed E-state index contributed by atoms with van der Waals surface area (Å²) in [5.74, 6) is 1.16. The van der Waals surface area contributed by atoms with Crippen LogP contribution in [0.25, 0.3) is 10.6 Å². The third kappa shape index (κ3) is 4.51. The molecule has 6 nitrogen and oxygen atoms in total. The van der Waals surface area contributed by atoms with Gasteiger partial charge in [0.25, 0.3) is 5.91 Å². The average molecular weight is 438 g/mol. The highest BCUT2D eigenvalue weighted by Crippen LogP contribution is 2.36. The molecule has 4 rings (SSSR count). The first-order chi connectivity index (χ1) is 15.1. The molecule has 0 unspecified atom stereocenters. The molecule has 0 spiro atoms. The number of hydrogen-bond acceptors (Lipinski definition) is 6. The normalized spacial score (nSPS) is 13.7. The largest absolute Gasteiger partial charge is 0.493 e. The number of carbonyl (C=O) groups is 1. The highest BCUT2D eigenvalue weighted by molar-refractivity contribution is 7.17. The van der Waals surface area contributed by atoms with Crippen molar-refractivity contribution >= 4 is 28.6 Å². The maximum atomic E-state index is 13.1. The van der Waals surface area contributed by atoms with Gasteiger partial charge in [-0.2, -0.15) is 0 Å². The number of methoxy groups -OCH3 is 2. The minimum Gasteiger partial charge on any atom is -0.493 e. The van der Waals surface area contributed by atoms with E-state index in [1.165, 1.54) is 30.6 Å². The van der Waals surface area contributed by atoms with Gasteiger partial charge in [-0.1, -0.05) is 12.1 Å². The van der Waals surface area contributed by atoms with Crippen molar-refractivity contribution < 1.29 is 14.3 Å². The molecule has 31 heavy (non-hydrogen) atoms. The van der Waals surface area contributed by atoms with Gasteiger partial charge >= 0.3 is 0 Å². The Morgan fingerprint density at radius 3 is 2.52 bits per heavy atom. The lowest BCUT2D eigenvalue weighted by atomic mass is 10.1. The quantitative estimate of drug-likeness (QED) is 0.561. The molecule has 0 bridgehead atoms. The van der Waals surface area contributed by atoms with Gasteiger partial charge in [0, 0.05) is 18.7 Å². The number of aromatic nitrogens is 1. The highest BCUT2D eigenvalue weighted by Gasteiger charge is 2.20. The van der Waals surface area contributed by atoms with Gasteiger partial charge in [-0.05, 0) is 56.5 Å². The minimum atomic E-state index is -0.133. The Kier molecular flexibility index (Phi) is 6.42. The van der Waals surface area contributed by atoms with Crippen LogP contribution in [0.5, 0.6) is 11.5 Å². The second-order valence-corrected chi connectivity index (χ2v) is 8.52. The molecule has 1 aromatic heterocycles. The Labute approximate surface area is 186 Å². The molecule has 3 aromatic rings. The number of nitrogens with one attached hydrogen (secondary N) is 1. The number of rotatable bonds is 6. The van der Waals surface area contributed by atoms with Crippen molar-refractivity contribution in [3.63, 3.8) is 0 Å². The van der Waals surface area contributed by atoms with E-state index in [9.17, 15) is 4.79 Å². The molecule has 0 radical (unpaired) electrons. The predicted molar refractivity (Wildman–Crippen MR) is 126 cm³/mol. The molecule has 7 heteroatoms. The number of aryl methyl sites for hydroxylation is 1. The first-order valence-corrected chi connectivity index (χ1v) is 11.3. The Morgan fingerprint density at radius 2 is 1.77 bits per heavy atom. The zero-order valence-electron chi connectivity index (χ0n) is 18.1. The van der Waals surface area contributed by atoms with E-state index in [-0.39, 0.29) is 5.91 Å². The zero-order chi connectivity index (χ0) is 21.8. The molecule has 1 aliphatic rings. The maximum Gasteiger partial charge on any atom is 0.267 e. The topological polar surface area (TPSA) is 63.7 Å². The Bertz CT molecular complexity index is 1070. The monoisotopic (exact) mass is 437 g/mol. The van der Waals surface area contributed by atoms with Crippen LogP contribution in [0, 0.1) is 6.92 Å². The van der Waals surface area contributed by atoms with Crippen LogP contribution in [0.4, 0.5) is 11.4 Å². The molecular formula is C24H27N3O3S. The van der Waals surface area contributed by atoms with E-state index in [2.05, 4.69) is 21.3 Å². The summed E-state index contributed by atoms with van der Waals surface area (Å²) in [4.78, 5) is 20.7. The fraction of sp³-hybridized carbons (Fsp3) is 0.333. The predicted octanol–water partition coefficient (Wildman–Crippen LogP) is 5.38. The molecule has 0 saturated carbocycles. The summed E-state index contributed by atoms with van der Waals surface area (Å²) in [6.07, 6.45) is 3.64. The van der Waals surface area contributed by atoms with Crippen molar-refractivity contribution in [1.82, 2.24) is 4.98 Å². The van der Waals surface area contributed by atoms with E-state index >= 15 is 0 Å². The Morgan fingerprint density at radius 1 is 1.03 bits per heavy atom. The van der Waals surface area contributed by atoms with Gasteiger partial charge in [-0.15, -0.1) is 11.3 Å². The fourth-order valence-electron chi connectivity index (χ4n) is 3.87. The smallest absolute Gasteiger partial charge is 0.267 e. The lowest BCUT2D eigenvalue weighted by Gasteiger charge is -2.30. The molecule has 0 atom stereocenters. The van der Waals surface area contributed by atoms with Crippen molar-refractivity contribution in [1.29, 1.82) is 0 Å². The van der Waals surface area contributed by atoms with Crippen LogP contribution >= 0.6 is 11.3 Å². The highest BCUT2D eigenvalue weighted by atomic mass is 32.1. The zero-order valence-corrected chi connectivity index (χ0v) is 18.9. The second-order valence-electron chi connectivity index (χ2n) is 7.52. The molecule has 162 valence electrons. The summed E-state index contributed by atoms with van der Waals surface area (Å²) < 4.78 is 10.7. The SMILES string of the molecule is COc1ccc(-c2nc(C)c(C(=O)Nc3ccccc3N3CCCCC3)s2)cc1OC. The van der Waals surface area contributed by atoms with E-state index in [0.717, 1.165) is 35.0 Å². The number of piperidine rings is 1. The van der Waals surface area contributed by atoms with E-state index in [4.69, 9.17) is 9.47 Å².